The maximum Gasteiger partial charge on any atom is 0.265 e. The number of thioether (sulfide) groups is 1. The van der Waals surface area contributed by atoms with Crippen molar-refractivity contribution in [3.63, 3.8) is 0 Å². The highest BCUT2D eigenvalue weighted by Gasteiger charge is 2.28. The summed E-state index contributed by atoms with van der Waals surface area (Å²) in [6, 6.07) is 9.75. The number of hydrazine groups is 1. The summed E-state index contributed by atoms with van der Waals surface area (Å²) in [4.78, 5) is 25.0. The predicted molar refractivity (Wildman–Crippen MR) is 102 cm³/mol. The summed E-state index contributed by atoms with van der Waals surface area (Å²) in [7, 11) is 0. The van der Waals surface area contributed by atoms with Gasteiger partial charge in [0.15, 0.2) is 5.78 Å². The Labute approximate surface area is 150 Å². The van der Waals surface area contributed by atoms with Gasteiger partial charge in [0, 0.05) is 11.6 Å². The van der Waals surface area contributed by atoms with Crippen LogP contribution in [0, 0.1) is 0 Å². The average molecular weight is 361 g/mol. The van der Waals surface area contributed by atoms with E-state index in [-0.39, 0.29) is 11.1 Å². The summed E-state index contributed by atoms with van der Waals surface area (Å²) < 4.78 is 0. The first-order valence-electron chi connectivity index (χ1n) is 8.09. The first-order chi connectivity index (χ1) is 12.0. The molecule has 2 atom stereocenters. The molecule has 0 saturated heterocycles. The van der Waals surface area contributed by atoms with Crippen LogP contribution in [0.5, 0.6) is 0 Å². The first-order valence-corrected chi connectivity index (χ1v) is 9.25. The van der Waals surface area contributed by atoms with Gasteiger partial charge in [-0.15, -0.1) is 0 Å². The maximum atomic E-state index is 12.9. The molecule has 2 aromatic carbocycles. The van der Waals surface area contributed by atoms with E-state index in [0.717, 1.165) is 16.9 Å². The Morgan fingerprint density at radius 2 is 1.96 bits per heavy atom. The van der Waals surface area contributed by atoms with Crippen LogP contribution in [0.2, 0.25) is 0 Å². The molecule has 6 N–H and O–H groups in total. The van der Waals surface area contributed by atoms with Crippen LogP contribution in [0.4, 0.5) is 0 Å². The molecule has 0 radical (unpaired) electrons. The van der Waals surface area contributed by atoms with Crippen LogP contribution >= 0.6 is 11.8 Å². The van der Waals surface area contributed by atoms with Crippen molar-refractivity contribution in [2.45, 2.75) is 25.5 Å². The fourth-order valence-corrected chi connectivity index (χ4v) is 3.40. The molecule has 0 heterocycles. The molecule has 6 nitrogen and oxygen atoms in total. The van der Waals surface area contributed by atoms with E-state index in [4.69, 9.17) is 11.6 Å². The SMILES string of the molecule is CCSCC[C@@H](N)C(O)C(=O)c1c(C(=O)NN)ccc2ccccc12. The minimum atomic E-state index is -1.38. The van der Waals surface area contributed by atoms with Crippen molar-refractivity contribution in [2.75, 3.05) is 11.5 Å². The lowest BCUT2D eigenvalue weighted by Gasteiger charge is -2.20. The number of Topliss-reactive ketones (excluding diaryl/α,β-unsaturated/α-hetero) is 1. The molecule has 0 saturated carbocycles. The van der Waals surface area contributed by atoms with Crippen LogP contribution < -0.4 is 17.0 Å². The number of aliphatic hydroxyl groups is 1. The highest BCUT2D eigenvalue weighted by Crippen LogP contribution is 2.25. The zero-order valence-electron chi connectivity index (χ0n) is 14.1. The molecule has 2 aromatic rings. The molecular formula is C18H23N3O3S. The fourth-order valence-electron chi connectivity index (χ4n) is 2.67. The number of nitrogens with two attached hydrogens (primary N) is 2. The number of hydrogen-bond donors (Lipinski definition) is 4. The number of amides is 1. The molecule has 0 spiro atoms. The summed E-state index contributed by atoms with van der Waals surface area (Å²) in [6.45, 7) is 2.03. The number of hydrogen-bond acceptors (Lipinski definition) is 6. The Morgan fingerprint density at radius 3 is 2.64 bits per heavy atom. The van der Waals surface area contributed by atoms with Gasteiger partial charge >= 0.3 is 0 Å². The molecule has 7 heteroatoms. The maximum absolute atomic E-state index is 12.9. The monoisotopic (exact) mass is 361 g/mol. The van der Waals surface area contributed by atoms with Crippen molar-refractivity contribution in [1.29, 1.82) is 0 Å². The third kappa shape index (κ3) is 4.38. The van der Waals surface area contributed by atoms with E-state index in [2.05, 4.69) is 0 Å². The Balaban J connectivity index is 2.43. The first kappa shape index (κ1) is 19.4. The molecule has 134 valence electrons. The van der Waals surface area contributed by atoms with Gasteiger partial charge in [-0.05, 0) is 34.8 Å². The zero-order valence-corrected chi connectivity index (χ0v) is 14.9. The van der Waals surface area contributed by atoms with E-state index in [1.807, 2.05) is 24.5 Å². The molecule has 0 aliphatic heterocycles. The standard InChI is InChI=1S/C18H23N3O3S/c1-2-25-10-9-14(19)16(22)17(23)15-12-6-4-3-5-11(12)7-8-13(15)18(24)21-20/h3-8,14,16,22H,2,9-10,19-20H2,1H3,(H,21,24)/t14-,16?/m1/s1. The second kappa shape index (κ2) is 8.96. The number of aliphatic hydroxyl groups excluding tert-OH is 1. The van der Waals surface area contributed by atoms with Gasteiger partial charge in [0.05, 0.1) is 5.56 Å². The topological polar surface area (TPSA) is 118 Å². The lowest BCUT2D eigenvalue weighted by molar-refractivity contribution is 0.0689. The van der Waals surface area contributed by atoms with Gasteiger partial charge in [-0.25, -0.2) is 5.84 Å². The summed E-state index contributed by atoms with van der Waals surface area (Å²) in [5, 5.41) is 11.8. The Morgan fingerprint density at radius 1 is 1.24 bits per heavy atom. The van der Waals surface area contributed by atoms with Crippen LogP contribution in [-0.4, -0.2) is 40.4 Å². The van der Waals surface area contributed by atoms with Crippen molar-refractivity contribution < 1.29 is 14.7 Å². The van der Waals surface area contributed by atoms with Gasteiger partial charge in [0.1, 0.15) is 6.10 Å². The number of carbonyl (C=O) groups is 2. The van der Waals surface area contributed by atoms with Crippen molar-refractivity contribution in [3.05, 3.63) is 47.5 Å². The molecule has 0 bridgehead atoms. The predicted octanol–water partition coefficient (Wildman–Crippen LogP) is 1.46. The molecule has 0 aromatic heterocycles. The summed E-state index contributed by atoms with van der Waals surface area (Å²) in [6.07, 6.45) is -0.873. The summed E-state index contributed by atoms with van der Waals surface area (Å²) in [5.74, 6) is 5.78. The van der Waals surface area contributed by atoms with Gasteiger partial charge in [-0.3, -0.25) is 15.0 Å². The van der Waals surface area contributed by atoms with Gasteiger partial charge in [0.25, 0.3) is 5.91 Å². The van der Waals surface area contributed by atoms with Crippen LogP contribution in [0.25, 0.3) is 10.8 Å². The minimum Gasteiger partial charge on any atom is -0.383 e. The number of fused-ring (bicyclic) bond motifs is 1. The van der Waals surface area contributed by atoms with Crippen LogP contribution in [0.15, 0.2) is 36.4 Å². The molecule has 2 rings (SSSR count). The second-order valence-corrected chi connectivity index (χ2v) is 7.04. The third-order valence-electron chi connectivity index (χ3n) is 4.02. The van der Waals surface area contributed by atoms with Crippen molar-refractivity contribution in [3.8, 4) is 0 Å². The van der Waals surface area contributed by atoms with E-state index in [0.29, 0.717) is 11.8 Å². The normalized spacial score (nSPS) is 13.4. The number of rotatable bonds is 8. The van der Waals surface area contributed by atoms with Gasteiger partial charge in [-0.1, -0.05) is 37.3 Å². The molecule has 0 aliphatic carbocycles. The second-order valence-electron chi connectivity index (χ2n) is 5.64. The van der Waals surface area contributed by atoms with Gasteiger partial charge < -0.3 is 10.8 Å². The lowest BCUT2D eigenvalue weighted by atomic mass is 9.91. The number of nitrogen functional groups attached to an aromatic ring is 1. The highest BCUT2D eigenvalue weighted by molar-refractivity contribution is 7.99. The van der Waals surface area contributed by atoms with Crippen molar-refractivity contribution >= 4 is 34.2 Å². The molecular weight excluding hydrogens is 338 g/mol. The molecule has 1 unspecified atom stereocenters. The largest absolute Gasteiger partial charge is 0.383 e. The highest BCUT2D eigenvalue weighted by atomic mass is 32.2. The summed E-state index contributed by atoms with van der Waals surface area (Å²) >= 11 is 1.69. The average Bonchev–Trinajstić information content (AvgIpc) is 2.65. The van der Waals surface area contributed by atoms with Crippen LogP contribution in [-0.2, 0) is 0 Å². The van der Waals surface area contributed by atoms with E-state index in [9.17, 15) is 14.7 Å². The summed E-state index contributed by atoms with van der Waals surface area (Å²) in [5.41, 5.74) is 8.30. The number of carbonyl (C=O) groups excluding carboxylic acids is 2. The Kier molecular flexibility index (Phi) is 6.95. The number of nitrogens with one attached hydrogen (secondary N) is 1. The molecule has 25 heavy (non-hydrogen) atoms. The molecule has 0 fully saturated rings. The Hall–Kier alpha value is -1.93. The van der Waals surface area contributed by atoms with E-state index in [1.54, 1.807) is 30.0 Å². The molecule has 0 aliphatic rings. The van der Waals surface area contributed by atoms with Gasteiger partial charge in [0.2, 0.25) is 0 Å². The van der Waals surface area contributed by atoms with Gasteiger partial charge in [-0.2, -0.15) is 11.8 Å². The number of ketones is 1. The van der Waals surface area contributed by atoms with E-state index in [1.165, 1.54) is 6.07 Å². The third-order valence-corrected chi connectivity index (χ3v) is 4.96. The van der Waals surface area contributed by atoms with Crippen LogP contribution in [0.3, 0.4) is 0 Å². The van der Waals surface area contributed by atoms with Crippen molar-refractivity contribution in [1.82, 2.24) is 5.43 Å². The fraction of sp³-hybridized carbons (Fsp3) is 0.333. The Bertz CT molecular complexity index is 766. The minimum absolute atomic E-state index is 0.125. The lowest BCUT2D eigenvalue weighted by Crippen LogP contribution is -2.42. The van der Waals surface area contributed by atoms with E-state index >= 15 is 0 Å². The quantitative estimate of drug-likeness (QED) is 0.186. The number of benzene rings is 2. The van der Waals surface area contributed by atoms with Crippen LogP contribution in [0.1, 0.15) is 34.1 Å². The van der Waals surface area contributed by atoms with E-state index < -0.39 is 23.8 Å². The van der Waals surface area contributed by atoms with Crippen molar-refractivity contribution in [2.24, 2.45) is 11.6 Å². The zero-order chi connectivity index (χ0) is 18.4. The molecule has 1 amide bonds. The smallest absolute Gasteiger partial charge is 0.265 e.